The van der Waals surface area contributed by atoms with Crippen molar-refractivity contribution in [1.82, 2.24) is 9.55 Å². The van der Waals surface area contributed by atoms with Gasteiger partial charge >= 0.3 is 0 Å². The van der Waals surface area contributed by atoms with Crippen LogP contribution in [0.15, 0.2) is 12.4 Å². The second kappa shape index (κ2) is 6.46. The zero-order chi connectivity index (χ0) is 12.0. The van der Waals surface area contributed by atoms with Crippen LogP contribution < -0.4 is 0 Å². The Hall–Kier alpha value is -1.12. The standard InChI is InChI=1S/C13H22N2O/c1-4-9-15-10-8-14-13(15)7-5-6-12(16)11(2)3/h8,10-11H,4-7,9H2,1-3H3. The average molecular weight is 222 g/mol. The minimum Gasteiger partial charge on any atom is -0.335 e. The fourth-order valence-electron chi connectivity index (χ4n) is 1.72. The van der Waals surface area contributed by atoms with Gasteiger partial charge < -0.3 is 4.57 Å². The van der Waals surface area contributed by atoms with Crippen molar-refractivity contribution in [2.24, 2.45) is 5.92 Å². The molecule has 3 heteroatoms. The van der Waals surface area contributed by atoms with Gasteiger partial charge in [0.1, 0.15) is 11.6 Å². The molecule has 16 heavy (non-hydrogen) atoms. The molecule has 0 saturated carbocycles. The van der Waals surface area contributed by atoms with Crippen LogP contribution in [-0.2, 0) is 17.8 Å². The van der Waals surface area contributed by atoms with Crippen LogP contribution in [0.2, 0.25) is 0 Å². The molecule has 0 saturated heterocycles. The molecule has 0 radical (unpaired) electrons. The minimum absolute atomic E-state index is 0.162. The number of imidazole rings is 1. The molecule has 0 bridgehead atoms. The van der Waals surface area contributed by atoms with Crippen LogP contribution >= 0.6 is 0 Å². The van der Waals surface area contributed by atoms with E-state index in [4.69, 9.17) is 0 Å². The lowest BCUT2D eigenvalue weighted by Gasteiger charge is -2.06. The fourth-order valence-corrected chi connectivity index (χ4v) is 1.72. The monoisotopic (exact) mass is 222 g/mol. The van der Waals surface area contributed by atoms with E-state index in [0.29, 0.717) is 12.2 Å². The van der Waals surface area contributed by atoms with Gasteiger partial charge in [0.2, 0.25) is 0 Å². The molecular weight excluding hydrogens is 200 g/mol. The van der Waals surface area contributed by atoms with E-state index in [1.807, 2.05) is 26.2 Å². The van der Waals surface area contributed by atoms with E-state index in [2.05, 4.69) is 16.5 Å². The average Bonchev–Trinajstić information content (AvgIpc) is 2.66. The number of aromatic nitrogens is 2. The Labute approximate surface area is 97.9 Å². The molecule has 0 aliphatic heterocycles. The van der Waals surface area contributed by atoms with Gasteiger partial charge in [0.25, 0.3) is 0 Å². The number of aryl methyl sites for hydroxylation is 2. The first-order valence-electron chi connectivity index (χ1n) is 6.17. The summed E-state index contributed by atoms with van der Waals surface area (Å²) >= 11 is 0. The van der Waals surface area contributed by atoms with Crippen LogP contribution in [-0.4, -0.2) is 15.3 Å². The molecule has 0 unspecified atom stereocenters. The highest BCUT2D eigenvalue weighted by atomic mass is 16.1. The van der Waals surface area contributed by atoms with Crippen LogP contribution in [0, 0.1) is 5.92 Å². The van der Waals surface area contributed by atoms with E-state index in [-0.39, 0.29) is 5.92 Å². The smallest absolute Gasteiger partial charge is 0.135 e. The summed E-state index contributed by atoms with van der Waals surface area (Å²) in [5.41, 5.74) is 0. The molecular formula is C13H22N2O. The minimum atomic E-state index is 0.162. The van der Waals surface area contributed by atoms with E-state index in [9.17, 15) is 4.79 Å². The summed E-state index contributed by atoms with van der Waals surface area (Å²) in [6.07, 6.45) is 7.48. The van der Waals surface area contributed by atoms with E-state index in [1.54, 1.807) is 0 Å². The van der Waals surface area contributed by atoms with Crippen LogP contribution in [0.5, 0.6) is 0 Å². The SMILES string of the molecule is CCCn1ccnc1CCCC(=O)C(C)C. The number of hydrogen-bond acceptors (Lipinski definition) is 2. The van der Waals surface area contributed by atoms with Crippen molar-refractivity contribution in [3.63, 3.8) is 0 Å². The number of carbonyl (C=O) groups is 1. The normalized spacial score (nSPS) is 11.0. The molecule has 0 atom stereocenters. The predicted molar refractivity (Wildman–Crippen MR) is 65.3 cm³/mol. The van der Waals surface area contributed by atoms with Crippen molar-refractivity contribution in [2.75, 3.05) is 0 Å². The van der Waals surface area contributed by atoms with E-state index in [1.165, 1.54) is 0 Å². The zero-order valence-corrected chi connectivity index (χ0v) is 10.6. The van der Waals surface area contributed by atoms with E-state index in [0.717, 1.165) is 31.6 Å². The van der Waals surface area contributed by atoms with Crippen LogP contribution in [0.3, 0.4) is 0 Å². The van der Waals surface area contributed by atoms with Crippen molar-refractivity contribution in [2.45, 2.75) is 53.0 Å². The Balaban J connectivity index is 2.37. The highest BCUT2D eigenvalue weighted by Crippen LogP contribution is 2.07. The van der Waals surface area contributed by atoms with Gasteiger partial charge in [-0.05, 0) is 12.8 Å². The highest BCUT2D eigenvalue weighted by Gasteiger charge is 2.08. The van der Waals surface area contributed by atoms with Crippen LogP contribution in [0.1, 0.15) is 45.9 Å². The predicted octanol–water partition coefficient (Wildman–Crippen LogP) is 2.84. The van der Waals surface area contributed by atoms with Gasteiger partial charge in [-0.15, -0.1) is 0 Å². The van der Waals surface area contributed by atoms with Gasteiger partial charge in [0, 0.05) is 37.7 Å². The second-order valence-electron chi connectivity index (χ2n) is 4.51. The molecule has 90 valence electrons. The van der Waals surface area contributed by atoms with Crippen molar-refractivity contribution in [3.8, 4) is 0 Å². The van der Waals surface area contributed by atoms with Crippen molar-refractivity contribution in [1.29, 1.82) is 0 Å². The highest BCUT2D eigenvalue weighted by molar-refractivity contribution is 5.80. The molecule has 0 aliphatic carbocycles. The Morgan fingerprint density at radius 1 is 1.50 bits per heavy atom. The quantitative estimate of drug-likeness (QED) is 0.711. The zero-order valence-electron chi connectivity index (χ0n) is 10.6. The topological polar surface area (TPSA) is 34.9 Å². The summed E-state index contributed by atoms with van der Waals surface area (Å²) in [4.78, 5) is 15.8. The van der Waals surface area contributed by atoms with Gasteiger partial charge in [0.15, 0.2) is 0 Å². The first kappa shape index (κ1) is 12.9. The first-order chi connectivity index (χ1) is 7.65. The maximum atomic E-state index is 11.5. The Bertz CT molecular complexity index is 328. The molecule has 1 aromatic rings. The summed E-state index contributed by atoms with van der Waals surface area (Å²) in [7, 11) is 0. The van der Waals surface area contributed by atoms with E-state index >= 15 is 0 Å². The lowest BCUT2D eigenvalue weighted by atomic mass is 10.0. The molecule has 0 aliphatic rings. The maximum absolute atomic E-state index is 11.5. The second-order valence-corrected chi connectivity index (χ2v) is 4.51. The van der Waals surface area contributed by atoms with Gasteiger partial charge in [0.05, 0.1) is 0 Å². The number of ketones is 1. The Morgan fingerprint density at radius 3 is 2.88 bits per heavy atom. The summed E-state index contributed by atoms with van der Waals surface area (Å²) < 4.78 is 2.18. The lowest BCUT2D eigenvalue weighted by Crippen LogP contribution is -2.08. The molecule has 1 aromatic heterocycles. The molecule has 1 heterocycles. The Morgan fingerprint density at radius 2 is 2.25 bits per heavy atom. The first-order valence-corrected chi connectivity index (χ1v) is 6.17. The molecule has 0 fully saturated rings. The summed E-state index contributed by atoms with van der Waals surface area (Å²) in [6.45, 7) is 7.10. The molecule has 0 aromatic carbocycles. The number of carbonyl (C=O) groups excluding carboxylic acids is 1. The third kappa shape index (κ3) is 3.80. The van der Waals surface area contributed by atoms with Crippen molar-refractivity contribution in [3.05, 3.63) is 18.2 Å². The number of nitrogens with zero attached hydrogens (tertiary/aromatic N) is 2. The summed E-state index contributed by atoms with van der Waals surface area (Å²) in [5, 5.41) is 0. The third-order valence-corrected chi connectivity index (χ3v) is 2.73. The summed E-state index contributed by atoms with van der Waals surface area (Å²) in [6, 6.07) is 0. The summed E-state index contributed by atoms with van der Waals surface area (Å²) in [5.74, 6) is 1.63. The van der Waals surface area contributed by atoms with Crippen molar-refractivity contribution >= 4 is 5.78 Å². The third-order valence-electron chi connectivity index (χ3n) is 2.73. The fraction of sp³-hybridized carbons (Fsp3) is 0.692. The van der Waals surface area contributed by atoms with Gasteiger partial charge in [-0.1, -0.05) is 20.8 Å². The number of Topliss-reactive ketones (excluding diaryl/α,β-unsaturated/α-hetero) is 1. The van der Waals surface area contributed by atoms with Crippen LogP contribution in [0.25, 0.3) is 0 Å². The number of rotatable bonds is 7. The maximum Gasteiger partial charge on any atom is 0.135 e. The Kier molecular flexibility index (Phi) is 5.23. The molecule has 3 nitrogen and oxygen atoms in total. The van der Waals surface area contributed by atoms with Gasteiger partial charge in [-0.25, -0.2) is 4.98 Å². The molecule has 0 N–H and O–H groups in total. The molecule has 1 rings (SSSR count). The van der Waals surface area contributed by atoms with Gasteiger partial charge in [-0.2, -0.15) is 0 Å². The van der Waals surface area contributed by atoms with Gasteiger partial charge in [-0.3, -0.25) is 4.79 Å². The molecule has 0 spiro atoms. The van der Waals surface area contributed by atoms with Crippen LogP contribution in [0.4, 0.5) is 0 Å². The number of hydrogen-bond donors (Lipinski definition) is 0. The molecule has 0 amide bonds. The van der Waals surface area contributed by atoms with Crippen molar-refractivity contribution < 1.29 is 4.79 Å². The largest absolute Gasteiger partial charge is 0.335 e. The van der Waals surface area contributed by atoms with E-state index < -0.39 is 0 Å². The lowest BCUT2D eigenvalue weighted by molar-refractivity contribution is -0.121.